The first-order valence-corrected chi connectivity index (χ1v) is 4.88. The summed E-state index contributed by atoms with van der Waals surface area (Å²) in [4.78, 5) is 0. The molecule has 0 saturated heterocycles. The Bertz CT molecular complexity index is 447. The Morgan fingerprint density at radius 3 is 1.14 bits per heavy atom. The summed E-state index contributed by atoms with van der Waals surface area (Å²) in [6.45, 7) is 0. The maximum atomic E-state index is 12.6. The predicted molar refractivity (Wildman–Crippen MR) is 45.1 cm³/mol. The average Bonchev–Trinajstić information content (AvgIpc) is 2.49. The lowest BCUT2D eigenvalue weighted by Gasteiger charge is -2.40. The molecule has 0 aliphatic carbocycles. The molecule has 0 saturated carbocycles. The number of halogens is 12. The van der Waals surface area contributed by atoms with Crippen LogP contribution in [0.3, 0.4) is 0 Å². The number of nitrogens with two attached hydrogens (primary N) is 1. The highest BCUT2D eigenvalue weighted by Crippen LogP contribution is 2.56. The second-order valence-corrected chi connectivity index (χ2v) is 4.27. The molecule has 0 aromatic carbocycles. The molecule has 0 bridgehead atoms. The number of hydrogen-bond acceptors (Lipinski definition) is 2. The van der Waals surface area contributed by atoms with Crippen LogP contribution >= 0.6 is 0 Å². The fourth-order valence-corrected chi connectivity index (χ4v) is 1.84. The van der Waals surface area contributed by atoms with E-state index < -0.39 is 52.9 Å². The molecule has 1 aliphatic heterocycles. The van der Waals surface area contributed by atoms with Crippen molar-refractivity contribution in [3.05, 3.63) is 11.8 Å². The van der Waals surface area contributed by atoms with Gasteiger partial charge in [-0.1, -0.05) is 0 Å². The summed E-state index contributed by atoms with van der Waals surface area (Å²) in [5.41, 5.74) is -9.64. The average molecular weight is 356 g/mol. The van der Waals surface area contributed by atoms with Crippen LogP contribution < -0.4 is 11.1 Å². The Hall–Kier alpha value is -1.34. The van der Waals surface area contributed by atoms with Gasteiger partial charge >= 0.3 is 24.7 Å². The van der Waals surface area contributed by atoms with Crippen molar-refractivity contribution in [3.8, 4) is 0 Å². The normalized spacial score (nSPS) is 22.6. The van der Waals surface area contributed by atoms with Crippen LogP contribution in [-0.2, 0) is 0 Å². The molecule has 22 heavy (non-hydrogen) atoms. The van der Waals surface area contributed by atoms with Crippen LogP contribution in [0.4, 0.5) is 52.7 Å². The van der Waals surface area contributed by atoms with E-state index in [2.05, 4.69) is 5.73 Å². The molecule has 1 rings (SSSR count). The third-order valence-corrected chi connectivity index (χ3v) is 2.93. The summed E-state index contributed by atoms with van der Waals surface area (Å²) >= 11 is 0. The quantitative estimate of drug-likeness (QED) is 0.655. The third-order valence-electron chi connectivity index (χ3n) is 2.93. The second-order valence-electron chi connectivity index (χ2n) is 4.27. The minimum Gasteiger partial charge on any atom is -0.400 e. The molecule has 14 heteroatoms. The number of rotatable bonds is 0. The van der Waals surface area contributed by atoms with E-state index in [1.165, 1.54) is 0 Å². The lowest BCUT2D eigenvalue weighted by molar-refractivity contribution is -0.330. The van der Waals surface area contributed by atoms with Gasteiger partial charge in [-0.25, -0.2) is 0 Å². The molecule has 0 spiro atoms. The van der Waals surface area contributed by atoms with Gasteiger partial charge in [0.05, 0.1) is 0 Å². The Morgan fingerprint density at radius 1 is 0.682 bits per heavy atom. The third kappa shape index (κ3) is 2.18. The van der Waals surface area contributed by atoms with Crippen molar-refractivity contribution in [2.24, 2.45) is 5.73 Å². The molecule has 2 nitrogen and oxygen atoms in total. The lowest BCUT2D eigenvalue weighted by atomic mass is 9.96. The van der Waals surface area contributed by atoms with Gasteiger partial charge in [-0.2, -0.15) is 52.7 Å². The zero-order valence-corrected chi connectivity index (χ0v) is 9.69. The Balaban J connectivity index is 3.72. The monoisotopic (exact) mass is 356 g/mol. The zero-order chi connectivity index (χ0) is 18.0. The van der Waals surface area contributed by atoms with Gasteiger partial charge in [0.2, 0.25) is 5.54 Å². The summed E-state index contributed by atoms with van der Waals surface area (Å²) in [5, 5.41) is -0.390. The second kappa shape index (κ2) is 4.35. The van der Waals surface area contributed by atoms with Gasteiger partial charge in [0, 0.05) is 5.70 Å². The number of nitrogens with one attached hydrogen (secondary N) is 1. The lowest BCUT2D eigenvalue weighted by Crippen LogP contribution is -2.75. The van der Waals surface area contributed by atoms with Crippen LogP contribution in [0, 0.1) is 0 Å². The molecule has 3 N–H and O–H groups in total. The van der Waals surface area contributed by atoms with Gasteiger partial charge in [0.15, 0.2) is 0 Å². The number of hydrogen-bond donors (Lipinski definition) is 2. The summed E-state index contributed by atoms with van der Waals surface area (Å²) in [5.74, 6) is 0. The van der Waals surface area contributed by atoms with Gasteiger partial charge < -0.3 is 5.73 Å². The van der Waals surface area contributed by atoms with Crippen LogP contribution in [0.25, 0.3) is 0 Å². The Morgan fingerprint density at radius 2 is 1.00 bits per heavy atom. The van der Waals surface area contributed by atoms with E-state index in [9.17, 15) is 52.7 Å². The topological polar surface area (TPSA) is 38.0 Å². The SMILES string of the molecule is NC1=CC(C(F)(F)F)(C(F)(F)F)NC1(C(F)(F)F)C(F)(F)F. The molecule has 0 fully saturated rings. The van der Waals surface area contributed by atoms with Crippen LogP contribution in [0.5, 0.6) is 0 Å². The number of alkyl halides is 12. The first-order valence-electron chi connectivity index (χ1n) is 4.88. The van der Waals surface area contributed by atoms with Crippen LogP contribution in [0.1, 0.15) is 0 Å². The van der Waals surface area contributed by atoms with Crippen LogP contribution in [0.15, 0.2) is 11.8 Å². The fourth-order valence-electron chi connectivity index (χ4n) is 1.84. The van der Waals surface area contributed by atoms with Crippen LogP contribution in [-0.4, -0.2) is 35.8 Å². The molecule has 130 valence electrons. The van der Waals surface area contributed by atoms with Crippen molar-refractivity contribution in [3.63, 3.8) is 0 Å². The summed E-state index contributed by atoms with van der Waals surface area (Å²) < 4.78 is 151. The summed E-state index contributed by atoms with van der Waals surface area (Å²) in [6, 6.07) is 0. The van der Waals surface area contributed by atoms with Crippen molar-refractivity contribution in [2.75, 3.05) is 0 Å². The minimum absolute atomic E-state index is 0.390. The molecule has 0 amide bonds. The van der Waals surface area contributed by atoms with Gasteiger partial charge in [0.1, 0.15) is 0 Å². The molecule has 1 heterocycles. The highest BCUT2D eigenvalue weighted by molar-refractivity contribution is 5.39. The van der Waals surface area contributed by atoms with Crippen molar-refractivity contribution < 1.29 is 52.7 Å². The van der Waals surface area contributed by atoms with Crippen molar-refractivity contribution in [1.82, 2.24) is 5.32 Å². The summed E-state index contributed by atoms with van der Waals surface area (Å²) in [6.07, 6.45) is -27.7. The highest BCUT2D eigenvalue weighted by Gasteiger charge is 2.84. The predicted octanol–water partition coefficient (Wildman–Crippen LogP) is 3.16. The van der Waals surface area contributed by atoms with Crippen molar-refractivity contribution >= 4 is 0 Å². The maximum absolute atomic E-state index is 12.6. The van der Waals surface area contributed by atoms with E-state index in [0.29, 0.717) is 0 Å². The maximum Gasteiger partial charge on any atom is 0.421 e. The van der Waals surface area contributed by atoms with Gasteiger partial charge in [-0.05, 0) is 6.08 Å². The highest BCUT2D eigenvalue weighted by atomic mass is 19.4. The molecular formula is C8H4F12N2. The van der Waals surface area contributed by atoms with E-state index in [-0.39, 0.29) is 0 Å². The molecule has 1 aliphatic rings. The Kier molecular flexibility index (Phi) is 3.70. The van der Waals surface area contributed by atoms with E-state index in [4.69, 9.17) is 0 Å². The molecule has 0 radical (unpaired) electrons. The van der Waals surface area contributed by atoms with Gasteiger partial charge in [-0.15, -0.1) is 0 Å². The van der Waals surface area contributed by atoms with Gasteiger partial charge in [0.25, 0.3) is 5.54 Å². The molecular weight excluding hydrogens is 352 g/mol. The summed E-state index contributed by atoms with van der Waals surface area (Å²) in [7, 11) is 0. The molecule has 0 aromatic heterocycles. The molecule has 0 aromatic rings. The molecule has 0 unspecified atom stereocenters. The van der Waals surface area contributed by atoms with Crippen molar-refractivity contribution in [1.29, 1.82) is 0 Å². The standard InChI is InChI=1S/C8H4F12N2/c9-5(10,11)3(6(12,13)14)1-2(21)4(22-3,7(15,16)17)8(18,19)20/h1,22H,21H2. The first-order chi connectivity index (χ1) is 9.33. The minimum atomic E-state index is -6.61. The van der Waals surface area contributed by atoms with E-state index in [0.717, 1.165) is 0 Å². The largest absolute Gasteiger partial charge is 0.421 e. The van der Waals surface area contributed by atoms with Gasteiger partial charge in [-0.3, -0.25) is 5.32 Å². The fraction of sp³-hybridized carbons (Fsp3) is 0.750. The molecule has 0 atom stereocenters. The first kappa shape index (κ1) is 18.7. The smallest absolute Gasteiger partial charge is 0.400 e. The van der Waals surface area contributed by atoms with Crippen LogP contribution in [0.2, 0.25) is 0 Å². The van der Waals surface area contributed by atoms with Crippen molar-refractivity contribution in [2.45, 2.75) is 35.8 Å². The van der Waals surface area contributed by atoms with E-state index in [1.807, 2.05) is 0 Å². The van der Waals surface area contributed by atoms with E-state index in [1.54, 1.807) is 0 Å². The van der Waals surface area contributed by atoms with E-state index >= 15 is 0 Å². The zero-order valence-electron chi connectivity index (χ0n) is 9.69. The Labute approximate surface area is 112 Å².